The third-order valence-electron chi connectivity index (χ3n) is 3.30. The molecule has 5 nitrogen and oxygen atoms in total. The molecule has 3 unspecified atom stereocenters. The molecule has 0 aromatic heterocycles. The topological polar surface area (TPSA) is 101 Å². The van der Waals surface area contributed by atoms with Crippen molar-refractivity contribution in [3.8, 4) is 0 Å². The standard InChI is InChI=1S/C11H19NO4/c1-6(2)3-4-11(12,10(15)16)8-5-7(8)9(13)14/h6-8H,3-5,12H2,1-2H3,(H,13,14)(H,15,16). The number of rotatable bonds is 6. The maximum atomic E-state index is 11.2. The zero-order valence-electron chi connectivity index (χ0n) is 9.64. The summed E-state index contributed by atoms with van der Waals surface area (Å²) in [6.07, 6.45) is 1.43. The van der Waals surface area contributed by atoms with Crippen LogP contribution in [0.4, 0.5) is 0 Å². The molecule has 1 aliphatic rings. The van der Waals surface area contributed by atoms with E-state index in [4.69, 9.17) is 15.9 Å². The molecule has 0 spiro atoms. The van der Waals surface area contributed by atoms with Gasteiger partial charge >= 0.3 is 11.9 Å². The van der Waals surface area contributed by atoms with Gasteiger partial charge in [-0.2, -0.15) is 0 Å². The summed E-state index contributed by atoms with van der Waals surface area (Å²) in [6, 6.07) is 0. The Labute approximate surface area is 94.6 Å². The van der Waals surface area contributed by atoms with E-state index < -0.39 is 29.3 Å². The molecular weight excluding hydrogens is 210 g/mol. The van der Waals surface area contributed by atoms with Crippen LogP contribution in [-0.4, -0.2) is 27.7 Å². The van der Waals surface area contributed by atoms with E-state index in [2.05, 4.69) is 0 Å². The molecule has 1 saturated carbocycles. The normalized spacial score (nSPS) is 27.5. The minimum atomic E-state index is -1.37. The molecule has 3 atom stereocenters. The van der Waals surface area contributed by atoms with Crippen LogP contribution < -0.4 is 5.73 Å². The van der Waals surface area contributed by atoms with Crippen LogP contribution in [0.2, 0.25) is 0 Å². The molecule has 0 saturated heterocycles. The summed E-state index contributed by atoms with van der Waals surface area (Å²) in [5.41, 5.74) is 4.49. The van der Waals surface area contributed by atoms with Crippen LogP contribution in [0.15, 0.2) is 0 Å². The van der Waals surface area contributed by atoms with Gasteiger partial charge < -0.3 is 15.9 Å². The van der Waals surface area contributed by atoms with Crippen molar-refractivity contribution in [2.45, 2.75) is 38.6 Å². The number of aliphatic carboxylic acids is 2. The molecule has 0 amide bonds. The first-order chi connectivity index (χ1) is 7.29. The van der Waals surface area contributed by atoms with Crippen molar-refractivity contribution in [3.63, 3.8) is 0 Å². The monoisotopic (exact) mass is 229 g/mol. The molecule has 0 aromatic rings. The van der Waals surface area contributed by atoms with Crippen LogP contribution in [0.5, 0.6) is 0 Å². The van der Waals surface area contributed by atoms with Crippen LogP contribution in [0.1, 0.15) is 33.1 Å². The van der Waals surface area contributed by atoms with E-state index in [0.717, 1.165) is 0 Å². The second kappa shape index (κ2) is 4.41. The Morgan fingerprint density at radius 1 is 1.44 bits per heavy atom. The fourth-order valence-electron chi connectivity index (χ4n) is 2.02. The highest BCUT2D eigenvalue weighted by atomic mass is 16.4. The van der Waals surface area contributed by atoms with Gasteiger partial charge in [0.05, 0.1) is 5.92 Å². The summed E-state index contributed by atoms with van der Waals surface area (Å²) in [7, 11) is 0. The van der Waals surface area contributed by atoms with Crippen LogP contribution in [-0.2, 0) is 9.59 Å². The quantitative estimate of drug-likeness (QED) is 0.629. The highest BCUT2D eigenvalue weighted by molar-refractivity contribution is 5.83. The molecule has 92 valence electrons. The Hall–Kier alpha value is -1.10. The van der Waals surface area contributed by atoms with E-state index in [-0.39, 0.29) is 0 Å². The van der Waals surface area contributed by atoms with Crippen molar-refractivity contribution < 1.29 is 19.8 Å². The number of nitrogens with two attached hydrogens (primary N) is 1. The van der Waals surface area contributed by atoms with Crippen LogP contribution in [0.25, 0.3) is 0 Å². The lowest BCUT2D eigenvalue weighted by atomic mass is 9.85. The van der Waals surface area contributed by atoms with Gasteiger partial charge in [-0.3, -0.25) is 9.59 Å². The Morgan fingerprint density at radius 3 is 2.31 bits per heavy atom. The molecule has 0 aromatic carbocycles. The Balaban J connectivity index is 2.67. The molecule has 1 aliphatic carbocycles. The summed E-state index contributed by atoms with van der Waals surface area (Å²) in [6.45, 7) is 3.98. The number of carboxylic acid groups (broad SMARTS) is 2. The zero-order chi connectivity index (χ0) is 12.5. The van der Waals surface area contributed by atoms with Crippen molar-refractivity contribution in [1.29, 1.82) is 0 Å². The molecule has 1 rings (SSSR count). The van der Waals surface area contributed by atoms with Crippen LogP contribution in [0, 0.1) is 17.8 Å². The minimum Gasteiger partial charge on any atom is -0.481 e. The molecule has 0 aliphatic heterocycles. The van der Waals surface area contributed by atoms with Gasteiger partial charge in [-0.15, -0.1) is 0 Å². The number of hydrogen-bond acceptors (Lipinski definition) is 3. The summed E-state index contributed by atoms with van der Waals surface area (Å²) >= 11 is 0. The predicted octanol–water partition coefficient (Wildman–Crippen LogP) is 0.925. The Kier molecular flexibility index (Phi) is 3.57. The average Bonchev–Trinajstić information content (AvgIpc) is 2.93. The molecule has 1 fully saturated rings. The van der Waals surface area contributed by atoms with Gasteiger partial charge in [0.15, 0.2) is 0 Å². The first-order valence-corrected chi connectivity index (χ1v) is 5.54. The van der Waals surface area contributed by atoms with Crippen molar-refractivity contribution in [3.05, 3.63) is 0 Å². The van der Waals surface area contributed by atoms with Crippen LogP contribution >= 0.6 is 0 Å². The van der Waals surface area contributed by atoms with Gasteiger partial charge in [0.25, 0.3) is 0 Å². The van der Waals surface area contributed by atoms with E-state index in [0.29, 0.717) is 25.2 Å². The third kappa shape index (κ3) is 2.52. The molecular formula is C11H19NO4. The van der Waals surface area contributed by atoms with Gasteiger partial charge in [-0.05, 0) is 25.2 Å². The maximum Gasteiger partial charge on any atom is 0.323 e. The van der Waals surface area contributed by atoms with Crippen molar-refractivity contribution in [2.24, 2.45) is 23.5 Å². The molecule has 4 N–H and O–H groups in total. The van der Waals surface area contributed by atoms with Crippen LogP contribution in [0.3, 0.4) is 0 Å². The average molecular weight is 229 g/mol. The van der Waals surface area contributed by atoms with Crippen molar-refractivity contribution in [2.75, 3.05) is 0 Å². The fraction of sp³-hybridized carbons (Fsp3) is 0.818. The molecule has 0 bridgehead atoms. The van der Waals surface area contributed by atoms with E-state index in [1.807, 2.05) is 13.8 Å². The lowest BCUT2D eigenvalue weighted by Crippen LogP contribution is -2.51. The first-order valence-electron chi connectivity index (χ1n) is 5.54. The SMILES string of the molecule is CC(C)CCC(N)(C(=O)O)C1CC1C(=O)O. The van der Waals surface area contributed by atoms with E-state index >= 15 is 0 Å². The summed E-state index contributed by atoms with van der Waals surface area (Å²) in [5, 5.41) is 17.9. The predicted molar refractivity (Wildman–Crippen MR) is 57.9 cm³/mol. The fourth-order valence-corrected chi connectivity index (χ4v) is 2.02. The summed E-state index contributed by atoms with van der Waals surface area (Å²) in [5.74, 6) is -2.65. The zero-order valence-corrected chi connectivity index (χ0v) is 9.64. The molecule has 0 radical (unpaired) electrons. The first kappa shape index (κ1) is 13.0. The molecule has 16 heavy (non-hydrogen) atoms. The Bertz CT molecular complexity index is 302. The maximum absolute atomic E-state index is 11.2. The lowest BCUT2D eigenvalue weighted by molar-refractivity contribution is -0.145. The number of carbonyl (C=O) groups is 2. The third-order valence-corrected chi connectivity index (χ3v) is 3.30. The van der Waals surface area contributed by atoms with Crippen molar-refractivity contribution in [1.82, 2.24) is 0 Å². The number of carboxylic acids is 2. The van der Waals surface area contributed by atoms with E-state index in [1.54, 1.807) is 0 Å². The van der Waals surface area contributed by atoms with Gasteiger partial charge in [0.1, 0.15) is 5.54 Å². The van der Waals surface area contributed by atoms with Crippen molar-refractivity contribution >= 4 is 11.9 Å². The smallest absolute Gasteiger partial charge is 0.323 e. The van der Waals surface area contributed by atoms with Gasteiger partial charge in [0, 0.05) is 5.92 Å². The Morgan fingerprint density at radius 2 is 2.00 bits per heavy atom. The summed E-state index contributed by atoms with van der Waals surface area (Å²) < 4.78 is 0. The van der Waals surface area contributed by atoms with E-state index in [1.165, 1.54) is 0 Å². The van der Waals surface area contributed by atoms with E-state index in [9.17, 15) is 9.59 Å². The molecule has 0 heterocycles. The minimum absolute atomic E-state index is 0.342. The van der Waals surface area contributed by atoms with Gasteiger partial charge in [-0.1, -0.05) is 13.8 Å². The lowest BCUT2D eigenvalue weighted by Gasteiger charge is -2.25. The second-order valence-corrected chi connectivity index (χ2v) is 5.06. The number of hydrogen-bond donors (Lipinski definition) is 3. The summed E-state index contributed by atoms with van der Waals surface area (Å²) in [4.78, 5) is 21.9. The largest absolute Gasteiger partial charge is 0.481 e. The second-order valence-electron chi connectivity index (χ2n) is 5.06. The highest BCUT2D eigenvalue weighted by Crippen LogP contribution is 2.47. The molecule has 5 heteroatoms. The van der Waals surface area contributed by atoms with Gasteiger partial charge in [0.2, 0.25) is 0 Å². The highest BCUT2D eigenvalue weighted by Gasteiger charge is 2.57. The van der Waals surface area contributed by atoms with Gasteiger partial charge in [-0.25, -0.2) is 0 Å².